The van der Waals surface area contributed by atoms with Crippen molar-refractivity contribution in [2.45, 2.75) is 51.6 Å². The standard InChI is InChI=1S/C24H33N5O2/c1-16-4-5-22-18(14-16)15-21(24(30)26-17(2)25)23(27-22)29-10-6-19(7-11-29)28(3)20-8-12-31-13-9-20/h4-5,14-15,19-20H,6-13H2,1-3H3,(H2,25,26,30). The molecule has 0 unspecified atom stereocenters. The first-order valence-corrected chi connectivity index (χ1v) is 11.2. The van der Waals surface area contributed by atoms with Crippen LogP contribution in [0.15, 0.2) is 29.3 Å². The van der Waals surface area contributed by atoms with E-state index in [2.05, 4.69) is 34.0 Å². The number of rotatable bonds is 4. The van der Waals surface area contributed by atoms with E-state index >= 15 is 0 Å². The van der Waals surface area contributed by atoms with Gasteiger partial charge in [0.15, 0.2) is 0 Å². The number of hydrogen-bond donors (Lipinski definition) is 1. The van der Waals surface area contributed by atoms with Gasteiger partial charge in [-0.25, -0.2) is 4.98 Å². The Morgan fingerprint density at radius 2 is 1.84 bits per heavy atom. The van der Waals surface area contributed by atoms with Gasteiger partial charge in [-0.1, -0.05) is 11.6 Å². The summed E-state index contributed by atoms with van der Waals surface area (Å²) in [5.74, 6) is 0.656. The number of piperidine rings is 1. The fraction of sp³-hybridized carbons (Fsp3) is 0.542. The van der Waals surface area contributed by atoms with Crippen LogP contribution in [0.25, 0.3) is 10.9 Å². The van der Waals surface area contributed by atoms with Gasteiger partial charge in [-0.05, 0) is 64.8 Å². The number of fused-ring (bicyclic) bond motifs is 1. The predicted octanol–water partition coefficient (Wildman–Crippen LogP) is 3.14. The van der Waals surface area contributed by atoms with Crippen molar-refractivity contribution in [1.29, 1.82) is 0 Å². The highest BCUT2D eigenvalue weighted by Crippen LogP contribution is 2.29. The van der Waals surface area contributed by atoms with Crippen molar-refractivity contribution in [1.82, 2.24) is 9.88 Å². The number of aryl methyl sites for hydroxylation is 1. The van der Waals surface area contributed by atoms with Crippen LogP contribution in [0.5, 0.6) is 0 Å². The fourth-order valence-corrected chi connectivity index (χ4v) is 4.78. The summed E-state index contributed by atoms with van der Waals surface area (Å²) < 4.78 is 5.52. The molecule has 31 heavy (non-hydrogen) atoms. The second-order valence-electron chi connectivity index (χ2n) is 8.84. The van der Waals surface area contributed by atoms with Gasteiger partial charge >= 0.3 is 0 Å². The van der Waals surface area contributed by atoms with Gasteiger partial charge < -0.3 is 20.3 Å². The van der Waals surface area contributed by atoms with Crippen LogP contribution in [0.1, 0.15) is 48.5 Å². The number of carbonyl (C=O) groups excluding carboxylic acids is 1. The number of aromatic nitrogens is 1. The molecule has 4 rings (SSSR count). The lowest BCUT2D eigenvalue weighted by molar-refractivity contribution is 0.0244. The van der Waals surface area contributed by atoms with E-state index in [1.165, 1.54) is 0 Å². The summed E-state index contributed by atoms with van der Waals surface area (Å²) in [6, 6.07) is 9.19. The monoisotopic (exact) mass is 423 g/mol. The van der Waals surface area contributed by atoms with Gasteiger partial charge in [0.1, 0.15) is 11.7 Å². The molecule has 7 nitrogen and oxygen atoms in total. The molecular formula is C24H33N5O2. The van der Waals surface area contributed by atoms with Gasteiger partial charge in [-0.3, -0.25) is 4.79 Å². The number of anilines is 1. The largest absolute Gasteiger partial charge is 0.387 e. The highest BCUT2D eigenvalue weighted by Gasteiger charge is 2.30. The molecule has 2 N–H and O–H groups in total. The maximum atomic E-state index is 12.9. The van der Waals surface area contributed by atoms with Crippen LogP contribution in [0.3, 0.4) is 0 Å². The minimum atomic E-state index is -0.327. The van der Waals surface area contributed by atoms with Crippen LogP contribution in [-0.4, -0.2) is 67.1 Å². The summed E-state index contributed by atoms with van der Waals surface area (Å²) >= 11 is 0. The third kappa shape index (κ3) is 4.88. The molecule has 1 amide bonds. The molecule has 2 aliphatic rings. The number of pyridine rings is 1. The van der Waals surface area contributed by atoms with Crippen molar-refractivity contribution < 1.29 is 9.53 Å². The highest BCUT2D eigenvalue weighted by molar-refractivity contribution is 6.07. The Bertz CT molecular complexity index is 971. The lowest BCUT2D eigenvalue weighted by atomic mass is 9.98. The first-order chi connectivity index (χ1) is 14.9. The number of carbonyl (C=O) groups is 1. The van der Waals surface area contributed by atoms with E-state index in [9.17, 15) is 4.79 Å². The van der Waals surface area contributed by atoms with Crippen LogP contribution in [0, 0.1) is 6.92 Å². The zero-order chi connectivity index (χ0) is 22.0. The molecule has 0 aliphatic carbocycles. The summed E-state index contributed by atoms with van der Waals surface area (Å²) in [6.45, 7) is 7.13. The Kier molecular flexibility index (Phi) is 6.53. The van der Waals surface area contributed by atoms with Crippen LogP contribution >= 0.6 is 0 Å². The molecule has 2 fully saturated rings. The molecule has 0 atom stereocenters. The second-order valence-corrected chi connectivity index (χ2v) is 8.84. The zero-order valence-corrected chi connectivity index (χ0v) is 18.8. The van der Waals surface area contributed by atoms with Crippen LogP contribution < -0.4 is 10.6 Å². The average Bonchev–Trinajstić information content (AvgIpc) is 2.78. The summed E-state index contributed by atoms with van der Waals surface area (Å²) in [6.07, 6.45) is 4.32. The Hall–Kier alpha value is -2.51. The van der Waals surface area contributed by atoms with Gasteiger partial charge in [-0.2, -0.15) is 4.99 Å². The molecule has 3 heterocycles. The molecule has 166 valence electrons. The number of hydrogen-bond acceptors (Lipinski definition) is 5. The number of amidine groups is 1. The molecule has 0 saturated carbocycles. The van der Waals surface area contributed by atoms with E-state index in [-0.39, 0.29) is 11.7 Å². The second kappa shape index (κ2) is 9.32. The Morgan fingerprint density at radius 1 is 1.16 bits per heavy atom. The summed E-state index contributed by atoms with van der Waals surface area (Å²) in [7, 11) is 2.25. The van der Waals surface area contributed by atoms with Gasteiger partial charge in [0, 0.05) is 43.8 Å². The Balaban J connectivity index is 1.57. The third-order valence-corrected chi connectivity index (χ3v) is 6.57. The van der Waals surface area contributed by atoms with E-state index in [4.69, 9.17) is 15.5 Å². The van der Waals surface area contributed by atoms with E-state index < -0.39 is 0 Å². The van der Waals surface area contributed by atoms with Crippen molar-refractivity contribution in [2.75, 3.05) is 38.3 Å². The lowest BCUT2D eigenvalue weighted by Gasteiger charge is -2.42. The number of amides is 1. The minimum absolute atomic E-state index is 0.261. The van der Waals surface area contributed by atoms with Gasteiger partial charge in [0.05, 0.1) is 11.1 Å². The molecule has 0 spiro atoms. The van der Waals surface area contributed by atoms with Crippen LogP contribution in [-0.2, 0) is 4.74 Å². The molecule has 0 radical (unpaired) electrons. The molecule has 2 aromatic rings. The molecular weight excluding hydrogens is 390 g/mol. The predicted molar refractivity (Wildman–Crippen MR) is 125 cm³/mol. The molecule has 2 saturated heterocycles. The Morgan fingerprint density at radius 3 is 2.52 bits per heavy atom. The van der Waals surface area contributed by atoms with Gasteiger partial charge in [0.25, 0.3) is 5.91 Å². The maximum Gasteiger partial charge on any atom is 0.282 e. The van der Waals surface area contributed by atoms with E-state index in [1.807, 2.05) is 19.1 Å². The SMILES string of the molecule is CC(N)=NC(=O)c1cc2cc(C)ccc2nc1N1CCC(N(C)C2CCOCC2)CC1. The molecule has 2 aliphatic heterocycles. The Labute approximate surface area is 184 Å². The van der Waals surface area contributed by atoms with Crippen molar-refractivity contribution in [3.05, 3.63) is 35.4 Å². The minimum Gasteiger partial charge on any atom is -0.387 e. The topological polar surface area (TPSA) is 84.0 Å². The molecule has 1 aromatic heterocycles. The third-order valence-electron chi connectivity index (χ3n) is 6.57. The number of aliphatic imine (C=N–C) groups is 1. The fourth-order valence-electron chi connectivity index (χ4n) is 4.78. The van der Waals surface area contributed by atoms with Crippen molar-refractivity contribution in [3.63, 3.8) is 0 Å². The zero-order valence-electron chi connectivity index (χ0n) is 18.8. The maximum absolute atomic E-state index is 12.9. The van der Waals surface area contributed by atoms with Crippen molar-refractivity contribution >= 4 is 28.5 Å². The van der Waals surface area contributed by atoms with E-state index in [0.717, 1.165) is 74.3 Å². The summed E-state index contributed by atoms with van der Waals surface area (Å²) in [5, 5.41) is 0.950. The lowest BCUT2D eigenvalue weighted by Crippen LogP contribution is -2.49. The highest BCUT2D eigenvalue weighted by atomic mass is 16.5. The van der Waals surface area contributed by atoms with Crippen molar-refractivity contribution in [3.8, 4) is 0 Å². The van der Waals surface area contributed by atoms with Crippen LogP contribution in [0.2, 0.25) is 0 Å². The average molecular weight is 424 g/mol. The number of benzene rings is 1. The summed E-state index contributed by atoms with van der Waals surface area (Å²) in [4.78, 5) is 26.6. The van der Waals surface area contributed by atoms with E-state index in [1.54, 1.807) is 6.92 Å². The van der Waals surface area contributed by atoms with E-state index in [0.29, 0.717) is 17.6 Å². The number of nitrogens with two attached hydrogens (primary N) is 1. The first kappa shape index (κ1) is 21.7. The number of nitrogens with zero attached hydrogens (tertiary/aromatic N) is 4. The van der Waals surface area contributed by atoms with Gasteiger partial charge in [-0.15, -0.1) is 0 Å². The quantitative estimate of drug-likeness (QED) is 0.601. The first-order valence-electron chi connectivity index (χ1n) is 11.2. The smallest absolute Gasteiger partial charge is 0.282 e. The molecule has 1 aromatic carbocycles. The normalized spacial score (nSPS) is 19.4. The van der Waals surface area contributed by atoms with Crippen molar-refractivity contribution in [2.24, 2.45) is 10.7 Å². The van der Waals surface area contributed by atoms with Gasteiger partial charge in [0.2, 0.25) is 0 Å². The summed E-state index contributed by atoms with van der Waals surface area (Å²) in [5.41, 5.74) is 8.26. The molecule has 7 heteroatoms. The van der Waals surface area contributed by atoms with Crippen LogP contribution in [0.4, 0.5) is 5.82 Å². The molecule has 0 bridgehead atoms. The number of ether oxygens (including phenoxy) is 1.